The predicted octanol–water partition coefficient (Wildman–Crippen LogP) is 8.08. The van der Waals surface area contributed by atoms with Gasteiger partial charge in [0.2, 0.25) is 5.75 Å². The van der Waals surface area contributed by atoms with Gasteiger partial charge in [-0.1, -0.05) is 37.6 Å². The van der Waals surface area contributed by atoms with Crippen molar-refractivity contribution >= 4 is 0 Å². The van der Waals surface area contributed by atoms with Crippen molar-refractivity contribution in [2.24, 2.45) is 0 Å². The van der Waals surface area contributed by atoms with Crippen molar-refractivity contribution in [3.63, 3.8) is 0 Å². The molecule has 0 aliphatic heterocycles. The Balaban J connectivity index is 1.86. The van der Waals surface area contributed by atoms with Gasteiger partial charge in [0, 0.05) is 11.6 Å². The standard InChI is InChI=1S/C25H20F7O2/c1-2-3-4-14-5-8-16(9-6-14)22-21(33)13-18(26)17(23(22)29)10-7-15-11-19(27)24(20(28)12-15)34-25(30,31)32/h5-6,8-9,11-13H,2-4,7,10H2,1H3. The van der Waals surface area contributed by atoms with E-state index >= 15 is 4.39 Å². The smallest absolute Gasteiger partial charge is 0.399 e. The van der Waals surface area contributed by atoms with Crippen LogP contribution in [0.1, 0.15) is 36.5 Å². The number of aryl methyl sites for hydroxylation is 2. The van der Waals surface area contributed by atoms with Gasteiger partial charge in [-0.25, -0.2) is 17.6 Å². The minimum Gasteiger partial charge on any atom is -0.399 e. The van der Waals surface area contributed by atoms with E-state index in [1.54, 1.807) is 24.3 Å². The molecule has 0 N–H and O–H groups in total. The fourth-order valence-corrected chi connectivity index (χ4v) is 3.59. The van der Waals surface area contributed by atoms with Crippen LogP contribution in [0.4, 0.5) is 30.7 Å². The topological polar surface area (TPSA) is 29.1 Å². The van der Waals surface area contributed by atoms with Crippen molar-refractivity contribution in [1.82, 2.24) is 0 Å². The van der Waals surface area contributed by atoms with Crippen LogP contribution in [0, 0.1) is 23.3 Å². The van der Waals surface area contributed by atoms with Gasteiger partial charge in [-0.15, -0.1) is 13.2 Å². The number of halogens is 7. The van der Waals surface area contributed by atoms with E-state index in [1.165, 1.54) is 0 Å². The summed E-state index contributed by atoms with van der Waals surface area (Å²) in [5, 5.41) is 12.3. The molecule has 0 fully saturated rings. The lowest BCUT2D eigenvalue weighted by Gasteiger charge is -2.13. The third kappa shape index (κ3) is 6.01. The predicted molar refractivity (Wildman–Crippen MR) is 111 cm³/mol. The first kappa shape index (κ1) is 25.4. The first-order valence-electron chi connectivity index (χ1n) is 10.5. The first-order valence-corrected chi connectivity index (χ1v) is 10.5. The number of alkyl halides is 3. The van der Waals surface area contributed by atoms with Crippen molar-refractivity contribution in [2.75, 3.05) is 0 Å². The summed E-state index contributed by atoms with van der Waals surface area (Å²) in [6, 6.07) is 8.47. The second-order valence-electron chi connectivity index (χ2n) is 7.76. The molecule has 2 nitrogen and oxygen atoms in total. The number of benzene rings is 3. The van der Waals surface area contributed by atoms with E-state index in [2.05, 4.69) is 4.74 Å². The molecule has 0 atom stereocenters. The second kappa shape index (κ2) is 10.4. The van der Waals surface area contributed by atoms with E-state index in [-0.39, 0.29) is 23.1 Å². The summed E-state index contributed by atoms with van der Waals surface area (Å²) in [7, 11) is 0. The minimum absolute atomic E-state index is 0.142. The lowest BCUT2D eigenvalue weighted by atomic mass is 9.95. The Kier molecular flexibility index (Phi) is 7.74. The molecular weight excluding hydrogens is 465 g/mol. The van der Waals surface area contributed by atoms with Crippen molar-refractivity contribution in [3.05, 3.63) is 82.4 Å². The maximum atomic E-state index is 15.2. The van der Waals surface area contributed by atoms with Crippen LogP contribution in [0.2, 0.25) is 0 Å². The molecule has 1 radical (unpaired) electrons. The SMILES string of the molecule is CCCCc1ccc(-c2c([O])cc(F)c(CCc3cc(F)c(OC(F)(F)F)c(F)c3)c2F)cc1. The molecule has 34 heavy (non-hydrogen) atoms. The van der Waals surface area contributed by atoms with Gasteiger partial charge in [-0.05, 0) is 54.5 Å². The number of unbranched alkanes of at least 4 members (excludes halogenated alkanes) is 1. The average Bonchev–Trinajstić information content (AvgIpc) is 2.74. The average molecular weight is 485 g/mol. The van der Waals surface area contributed by atoms with Crippen molar-refractivity contribution in [2.45, 2.75) is 45.4 Å². The van der Waals surface area contributed by atoms with E-state index in [9.17, 15) is 31.4 Å². The van der Waals surface area contributed by atoms with E-state index in [4.69, 9.17) is 0 Å². The zero-order valence-electron chi connectivity index (χ0n) is 18.0. The summed E-state index contributed by atoms with van der Waals surface area (Å²) in [6.45, 7) is 2.04. The van der Waals surface area contributed by atoms with E-state index < -0.39 is 53.1 Å². The van der Waals surface area contributed by atoms with E-state index in [0.29, 0.717) is 18.2 Å². The zero-order valence-corrected chi connectivity index (χ0v) is 18.0. The van der Waals surface area contributed by atoms with E-state index in [1.807, 2.05) is 6.92 Å². The van der Waals surface area contributed by atoms with Gasteiger partial charge in [0.25, 0.3) is 0 Å². The highest BCUT2D eigenvalue weighted by Gasteiger charge is 2.34. The lowest BCUT2D eigenvalue weighted by molar-refractivity contribution is -0.276. The van der Waals surface area contributed by atoms with Crippen LogP contribution in [0.25, 0.3) is 11.1 Å². The zero-order chi connectivity index (χ0) is 25.0. The van der Waals surface area contributed by atoms with Gasteiger partial charge >= 0.3 is 6.36 Å². The molecule has 9 heteroatoms. The molecule has 0 spiro atoms. The highest BCUT2D eigenvalue weighted by atomic mass is 19.4. The molecule has 0 aromatic heterocycles. The van der Waals surface area contributed by atoms with Gasteiger partial charge in [-0.2, -0.15) is 0 Å². The van der Waals surface area contributed by atoms with Crippen LogP contribution in [0.5, 0.6) is 11.5 Å². The fraction of sp³-hybridized carbons (Fsp3) is 0.280. The number of ether oxygens (including phenoxy) is 1. The summed E-state index contributed by atoms with van der Waals surface area (Å²) in [5.41, 5.74) is 0.319. The Morgan fingerprint density at radius 3 is 1.97 bits per heavy atom. The van der Waals surface area contributed by atoms with Gasteiger partial charge in [0.05, 0.1) is 5.56 Å². The molecule has 3 aromatic rings. The molecule has 0 amide bonds. The highest BCUT2D eigenvalue weighted by molar-refractivity contribution is 5.72. The van der Waals surface area contributed by atoms with Crippen molar-refractivity contribution < 1.29 is 40.6 Å². The highest BCUT2D eigenvalue weighted by Crippen LogP contribution is 2.37. The van der Waals surface area contributed by atoms with Crippen molar-refractivity contribution in [1.29, 1.82) is 0 Å². The van der Waals surface area contributed by atoms with Crippen LogP contribution in [0.3, 0.4) is 0 Å². The number of rotatable bonds is 8. The Hall–Kier alpha value is -3.23. The number of hydrogen-bond acceptors (Lipinski definition) is 1. The molecule has 0 saturated heterocycles. The quantitative estimate of drug-likeness (QED) is 0.297. The lowest BCUT2D eigenvalue weighted by Crippen LogP contribution is -2.19. The van der Waals surface area contributed by atoms with Crippen LogP contribution >= 0.6 is 0 Å². The third-order valence-corrected chi connectivity index (χ3v) is 5.28. The van der Waals surface area contributed by atoms with Gasteiger partial charge in [0.15, 0.2) is 17.4 Å². The summed E-state index contributed by atoms with van der Waals surface area (Å²) < 4.78 is 97.6. The number of hydrogen-bond donors (Lipinski definition) is 0. The first-order chi connectivity index (χ1) is 16.0. The van der Waals surface area contributed by atoms with Crippen LogP contribution in [-0.2, 0) is 24.4 Å². The Labute approximate surface area is 191 Å². The van der Waals surface area contributed by atoms with Crippen LogP contribution < -0.4 is 4.74 Å². The molecular formula is C25H20F7O2. The maximum Gasteiger partial charge on any atom is 0.573 e. The van der Waals surface area contributed by atoms with Crippen LogP contribution in [-0.4, -0.2) is 6.36 Å². The largest absolute Gasteiger partial charge is 0.573 e. The molecule has 0 bridgehead atoms. The minimum atomic E-state index is -5.29. The second-order valence-corrected chi connectivity index (χ2v) is 7.76. The molecule has 0 aliphatic rings. The molecule has 0 aliphatic carbocycles. The summed E-state index contributed by atoms with van der Waals surface area (Å²) >= 11 is 0. The monoisotopic (exact) mass is 485 g/mol. The maximum absolute atomic E-state index is 15.2. The molecule has 181 valence electrons. The summed E-state index contributed by atoms with van der Waals surface area (Å²) in [4.78, 5) is 0. The fourth-order valence-electron chi connectivity index (χ4n) is 3.59. The Bertz CT molecular complexity index is 1130. The van der Waals surface area contributed by atoms with Crippen LogP contribution in [0.15, 0.2) is 42.5 Å². The molecule has 0 unspecified atom stereocenters. The van der Waals surface area contributed by atoms with E-state index in [0.717, 1.165) is 24.8 Å². The normalized spacial score (nSPS) is 11.6. The Morgan fingerprint density at radius 2 is 1.41 bits per heavy atom. The molecule has 0 heterocycles. The Morgan fingerprint density at radius 1 is 0.794 bits per heavy atom. The van der Waals surface area contributed by atoms with Gasteiger partial charge < -0.3 is 4.74 Å². The molecule has 0 saturated carbocycles. The summed E-state index contributed by atoms with van der Waals surface area (Å²) in [6.07, 6.45) is -3.21. The summed E-state index contributed by atoms with van der Waals surface area (Å²) in [5.74, 6) is -7.90. The third-order valence-electron chi connectivity index (χ3n) is 5.28. The van der Waals surface area contributed by atoms with Crippen molar-refractivity contribution in [3.8, 4) is 22.6 Å². The molecule has 3 rings (SSSR count). The van der Waals surface area contributed by atoms with Gasteiger partial charge in [-0.3, -0.25) is 5.11 Å². The van der Waals surface area contributed by atoms with Gasteiger partial charge in [0.1, 0.15) is 11.6 Å². The molecule has 3 aromatic carbocycles.